The Morgan fingerprint density at radius 2 is 1.78 bits per heavy atom. The van der Waals surface area contributed by atoms with Crippen LogP contribution in [0.25, 0.3) is 0 Å². The summed E-state index contributed by atoms with van der Waals surface area (Å²) < 4.78 is 10.8. The number of carbonyl (C=O) groups is 1. The fraction of sp³-hybridized carbons (Fsp3) is 0.500. The lowest BCUT2D eigenvalue weighted by molar-refractivity contribution is -0.125. The predicted molar refractivity (Wildman–Crippen MR) is 129 cm³/mol. The minimum absolute atomic E-state index is 0.0795. The summed E-state index contributed by atoms with van der Waals surface area (Å²) in [5.41, 5.74) is 3.60. The summed E-state index contributed by atoms with van der Waals surface area (Å²) in [6, 6.07) is 14.6. The summed E-state index contributed by atoms with van der Waals surface area (Å²) in [5.74, 6) is 2.38. The number of methoxy groups -OCH3 is 2. The number of fused-ring (bicyclic) bond motifs is 3. The van der Waals surface area contributed by atoms with Crippen LogP contribution in [0.1, 0.15) is 25.8 Å². The summed E-state index contributed by atoms with van der Waals surface area (Å²) in [4.78, 5) is 18.1. The molecule has 1 saturated heterocycles. The molecule has 0 unspecified atom stereocenters. The van der Waals surface area contributed by atoms with Crippen molar-refractivity contribution in [3.63, 3.8) is 0 Å². The zero-order valence-electron chi connectivity index (χ0n) is 19.6. The highest BCUT2D eigenvalue weighted by Crippen LogP contribution is 2.39. The summed E-state index contributed by atoms with van der Waals surface area (Å²) >= 11 is 0. The fourth-order valence-electron chi connectivity index (χ4n) is 4.85. The molecule has 0 bridgehead atoms. The van der Waals surface area contributed by atoms with E-state index in [9.17, 15) is 4.79 Å². The van der Waals surface area contributed by atoms with Gasteiger partial charge in [0, 0.05) is 43.6 Å². The molecular weight excluding hydrogens is 402 g/mol. The Balaban J connectivity index is 1.59. The van der Waals surface area contributed by atoms with Crippen LogP contribution >= 0.6 is 0 Å². The van der Waals surface area contributed by atoms with Gasteiger partial charge in [-0.2, -0.15) is 0 Å². The van der Waals surface area contributed by atoms with Crippen molar-refractivity contribution in [1.29, 1.82) is 0 Å². The van der Waals surface area contributed by atoms with Gasteiger partial charge < -0.3 is 24.6 Å². The number of amides is 1. The molecule has 172 valence electrons. The van der Waals surface area contributed by atoms with Crippen molar-refractivity contribution in [3.05, 3.63) is 48.0 Å². The van der Waals surface area contributed by atoms with Crippen LogP contribution < -0.4 is 24.6 Å². The Hall–Kier alpha value is -2.89. The molecule has 2 heterocycles. The Bertz CT molecular complexity index is 928. The van der Waals surface area contributed by atoms with Crippen LogP contribution in [-0.4, -0.2) is 52.3 Å². The van der Waals surface area contributed by atoms with Gasteiger partial charge in [0.2, 0.25) is 5.91 Å². The van der Waals surface area contributed by atoms with Crippen molar-refractivity contribution in [2.75, 3.05) is 50.2 Å². The highest BCUT2D eigenvalue weighted by Gasteiger charge is 2.41. The quantitative estimate of drug-likeness (QED) is 0.715. The van der Waals surface area contributed by atoms with E-state index < -0.39 is 0 Å². The molecule has 2 aromatic carbocycles. The number of benzene rings is 2. The van der Waals surface area contributed by atoms with Crippen LogP contribution in [0, 0.1) is 11.8 Å². The Kier molecular flexibility index (Phi) is 6.77. The number of ether oxygens (including phenoxy) is 2. The minimum Gasteiger partial charge on any atom is -0.497 e. The molecule has 2 aliphatic heterocycles. The number of hydrogen-bond acceptors (Lipinski definition) is 5. The van der Waals surface area contributed by atoms with E-state index >= 15 is 0 Å². The largest absolute Gasteiger partial charge is 0.497 e. The van der Waals surface area contributed by atoms with Gasteiger partial charge in [-0.1, -0.05) is 19.9 Å². The molecule has 0 aromatic heterocycles. The van der Waals surface area contributed by atoms with Crippen molar-refractivity contribution >= 4 is 17.3 Å². The van der Waals surface area contributed by atoms with Gasteiger partial charge in [-0.25, -0.2) is 0 Å². The topological polar surface area (TPSA) is 54.0 Å². The molecule has 2 aliphatic rings. The summed E-state index contributed by atoms with van der Waals surface area (Å²) in [7, 11) is 3.39. The van der Waals surface area contributed by atoms with Gasteiger partial charge >= 0.3 is 0 Å². The number of nitrogens with zero attached hydrogens (tertiary/aromatic N) is 2. The molecule has 1 N–H and O–H groups in total. The molecule has 4 rings (SSSR count). The third kappa shape index (κ3) is 4.64. The summed E-state index contributed by atoms with van der Waals surface area (Å²) in [6.07, 6.45) is 1.75. The van der Waals surface area contributed by atoms with Crippen LogP contribution in [0.15, 0.2) is 42.5 Å². The van der Waals surface area contributed by atoms with Crippen molar-refractivity contribution in [3.8, 4) is 11.5 Å². The molecule has 32 heavy (non-hydrogen) atoms. The van der Waals surface area contributed by atoms with Crippen LogP contribution in [-0.2, 0) is 11.2 Å². The van der Waals surface area contributed by atoms with Crippen molar-refractivity contribution in [2.45, 2.75) is 32.7 Å². The number of nitrogens with one attached hydrogen (secondary N) is 1. The van der Waals surface area contributed by atoms with E-state index in [-0.39, 0.29) is 17.9 Å². The van der Waals surface area contributed by atoms with Gasteiger partial charge in [0.15, 0.2) is 0 Å². The van der Waals surface area contributed by atoms with Gasteiger partial charge in [0.1, 0.15) is 11.5 Å². The van der Waals surface area contributed by atoms with E-state index in [2.05, 4.69) is 53.2 Å². The second-order valence-electron chi connectivity index (χ2n) is 9.18. The van der Waals surface area contributed by atoms with Gasteiger partial charge in [-0.3, -0.25) is 4.79 Å². The van der Waals surface area contributed by atoms with Crippen molar-refractivity contribution in [1.82, 2.24) is 5.32 Å². The predicted octanol–water partition coefficient (Wildman–Crippen LogP) is 3.73. The number of piperazine rings is 1. The lowest BCUT2D eigenvalue weighted by atomic mass is 9.83. The van der Waals surface area contributed by atoms with Crippen molar-refractivity contribution < 1.29 is 14.3 Å². The third-order valence-corrected chi connectivity index (χ3v) is 6.72. The molecule has 0 saturated carbocycles. The van der Waals surface area contributed by atoms with E-state index in [4.69, 9.17) is 9.47 Å². The van der Waals surface area contributed by atoms with Gasteiger partial charge in [0.25, 0.3) is 0 Å². The van der Waals surface area contributed by atoms with E-state index in [0.717, 1.165) is 50.5 Å². The molecule has 1 fully saturated rings. The molecule has 6 nitrogen and oxygen atoms in total. The first kappa shape index (κ1) is 22.3. The Labute approximate surface area is 191 Å². The maximum Gasteiger partial charge on any atom is 0.225 e. The Morgan fingerprint density at radius 1 is 1.06 bits per heavy atom. The zero-order chi connectivity index (χ0) is 22.7. The molecule has 6 heteroatoms. The SMILES string of the molecule is COc1ccc(N2CCN3c4cc(OC)ccc4C[C@H](C(=O)NCCC(C)C)[C@H]3C2)cc1. The van der Waals surface area contributed by atoms with E-state index in [1.165, 1.54) is 16.9 Å². The first-order valence-electron chi connectivity index (χ1n) is 11.6. The van der Waals surface area contributed by atoms with E-state index in [0.29, 0.717) is 5.92 Å². The van der Waals surface area contributed by atoms with Crippen LogP contribution in [0.2, 0.25) is 0 Å². The lowest BCUT2D eigenvalue weighted by Crippen LogP contribution is -2.61. The highest BCUT2D eigenvalue weighted by molar-refractivity contribution is 5.82. The summed E-state index contributed by atoms with van der Waals surface area (Å²) in [5, 5.41) is 3.21. The van der Waals surface area contributed by atoms with Gasteiger partial charge in [0.05, 0.1) is 26.2 Å². The first-order chi connectivity index (χ1) is 15.5. The second kappa shape index (κ2) is 9.72. The Morgan fingerprint density at radius 3 is 2.47 bits per heavy atom. The molecule has 2 aromatic rings. The number of hydrogen-bond donors (Lipinski definition) is 1. The summed E-state index contributed by atoms with van der Waals surface area (Å²) in [6.45, 7) is 7.69. The maximum atomic E-state index is 13.3. The minimum atomic E-state index is -0.0795. The average Bonchev–Trinajstić information content (AvgIpc) is 2.82. The second-order valence-corrected chi connectivity index (χ2v) is 9.18. The monoisotopic (exact) mass is 437 g/mol. The fourth-order valence-corrected chi connectivity index (χ4v) is 4.85. The lowest BCUT2D eigenvalue weighted by Gasteiger charge is -2.49. The number of anilines is 2. The normalized spacial score (nSPS) is 19.9. The molecular formula is C26H35N3O3. The van der Waals surface area contributed by atoms with Crippen LogP contribution in [0.5, 0.6) is 11.5 Å². The molecule has 2 atom stereocenters. The maximum absolute atomic E-state index is 13.3. The molecule has 0 spiro atoms. The zero-order valence-corrected chi connectivity index (χ0v) is 19.6. The smallest absolute Gasteiger partial charge is 0.225 e. The molecule has 0 radical (unpaired) electrons. The standard InChI is InChI=1S/C26H35N3O3/c1-18(2)11-12-27-26(30)23-15-19-5-8-22(32-4)16-24(19)29-14-13-28(17-25(23)29)20-6-9-21(31-3)10-7-20/h5-10,16,18,23,25H,11-15,17H2,1-4H3,(H,27,30)/t23-,25+/m0/s1. The average molecular weight is 438 g/mol. The number of rotatable bonds is 7. The van der Waals surface area contributed by atoms with Crippen LogP contribution in [0.3, 0.4) is 0 Å². The van der Waals surface area contributed by atoms with Gasteiger partial charge in [-0.15, -0.1) is 0 Å². The molecule has 0 aliphatic carbocycles. The third-order valence-electron chi connectivity index (χ3n) is 6.72. The van der Waals surface area contributed by atoms with E-state index in [1.54, 1.807) is 14.2 Å². The molecule has 1 amide bonds. The van der Waals surface area contributed by atoms with Gasteiger partial charge in [-0.05, 0) is 54.7 Å². The first-order valence-corrected chi connectivity index (χ1v) is 11.6. The van der Waals surface area contributed by atoms with Crippen molar-refractivity contribution in [2.24, 2.45) is 11.8 Å². The van der Waals surface area contributed by atoms with Crippen LogP contribution in [0.4, 0.5) is 11.4 Å². The number of carbonyl (C=O) groups excluding carboxylic acids is 1. The highest BCUT2D eigenvalue weighted by atomic mass is 16.5. The van der Waals surface area contributed by atoms with E-state index in [1.807, 2.05) is 18.2 Å².